The third-order valence-electron chi connectivity index (χ3n) is 3.28. The van der Waals surface area contributed by atoms with Gasteiger partial charge in [-0.15, -0.1) is 0 Å². The van der Waals surface area contributed by atoms with Gasteiger partial charge in [0, 0.05) is 26.2 Å². The predicted molar refractivity (Wildman–Crippen MR) is 59.6 cm³/mol. The molecule has 0 bridgehead atoms. The van der Waals surface area contributed by atoms with Gasteiger partial charge in [-0.3, -0.25) is 4.79 Å². The highest BCUT2D eigenvalue weighted by atomic mass is 16.5. The molecule has 2 aliphatic rings. The molecule has 2 aliphatic heterocycles. The zero-order valence-electron chi connectivity index (χ0n) is 9.72. The van der Waals surface area contributed by atoms with Crippen molar-refractivity contribution in [3.63, 3.8) is 0 Å². The van der Waals surface area contributed by atoms with Crippen molar-refractivity contribution < 1.29 is 19.4 Å². The van der Waals surface area contributed by atoms with E-state index in [2.05, 4.69) is 5.32 Å². The molecular formula is C11H18N2O4. The van der Waals surface area contributed by atoms with Gasteiger partial charge in [-0.25, -0.2) is 4.79 Å². The SMILES string of the molecule is O=C(O)C1CNCCN1C(=O)CC1CCCO1. The molecule has 0 aromatic rings. The fraction of sp³-hybridized carbons (Fsp3) is 0.818. The Morgan fingerprint density at radius 2 is 2.29 bits per heavy atom. The minimum atomic E-state index is -0.946. The van der Waals surface area contributed by atoms with Crippen molar-refractivity contribution in [3.8, 4) is 0 Å². The Balaban J connectivity index is 1.93. The Hall–Kier alpha value is -1.14. The van der Waals surface area contributed by atoms with E-state index in [1.54, 1.807) is 0 Å². The number of aliphatic carboxylic acids is 1. The molecule has 96 valence electrons. The van der Waals surface area contributed by atoms with Crippen molar-refractivity contribution >= 4 is 11.9 Å². The summed E-state index contributed by atoms with van der Waals surface area (Å²) >= 11 is 0. The second-order valence-electron chi connectivity index (χ2n) is 4.48. The van der Waals surface area contributed by atoms with E-state index >= 15 is 0 Å². The lowest BCUT2D eigenvalue weighted by Gasteiger charge is -2.34. The third kappa shape index (κ3) is 2.95. The van der Waals surface area contributed by atoms with Crippen LogP contribution in [0.5, 0.6) is 0 Å². The minimum absolute atomic E-state index is 0.0215. The van der Waals surface area contributed by atoms with Gasteiger partial charge in [0.2, 0.25) is 5.91 Å². The maximum atomic E-state index is 12.0. The Morgan fingerprint density at radius 1 is 1.47 bits per heavy atom. The molecule has 0 radical (unpaired) electrons. The van der Waals surface area contributed by atoms with E-state index in [1.165, 1.54) is 4.90 Å². The number of hydrogen-bond acceptors (Lipinski definition) is 4. The molecule has 2 heterocycles. The van der Waals surface area contributed by atoms with Gasteiger partial charge in [0.15, 0.2) is 0 Å². The van der Waals surface area contributed by atoms with Crippen LogP contribution < -0.4 is 5.32 Å². The number of hydrogen-bond donors (Lipinski definition) is 2. The van der Waals surface area contributed by atoms with Gasteiger partial charge in [-0.1, -0.05) is 0 Å². The van der Waals surface area contributed by atoms with E-state index in [9.17, 15) is 9.59 Å². The molecule has 0 aromatic heterocycles. The summed E-state index contributed by atoms with van der Waals surface area (Å²) in [6.45, 7) is 2.15. The molecule has 2 atom stereocenters. The topological polar surface area (TPSA) is 78.9 Å². The lowest BCUT2D eigenvalue weighted by Crippen LogP contribution is -2.57. The Kier molecular flexibility index (Phi) is 3.96. The number of carbonyl (C=O) groups excluding carboxylic acids is 1. The molecule has 0 spiro atoms. The highest BCUT2D eigenvalue weighted by Crippen LogP contribution is 2.17. The van der Waals surface area contributed by atoms with E-state index < -0.39 is 12.0 Å². The maximum Gasteiger partial charge on any atom is 0.327 e. The molecule has 0 aliphatic carbocycles. The summed E-state index contributed by atoms with van der Waals surface area (Å²) in [7, 11) is 0. The summed E-state index contributed by atoms with van der Waals surface area (Å²) in [6.07, 6.45) is 2.17. The van der Waals surface area contributed by atoms with Crippen LogP contribution in [0.15, 0.2) is 0 Å². The molecule has 2 rings (SSSR count). The largest absolute Gasteiger partial charge is 0.480 e. The fourth-order valence-corrected chi connectivity index (χ4v) is 2.34. The molecule has 17 heavy (non-hydrogen) atoms. The van der Waals surface area contributed by atoms with Crippen LogP contribution in [-0.2, 0) is 14.3 Å². The van der Waals surface area contributed by atoms with E-state index in [1.807, 2.05) is 0 Å². The van der Waals surface area contributed by atoms with E-state index in [4.69, 9.17) is 9.84 Å². The highest BCUT2D eigenvalue weighted by Gasteiger charge is 2.33. The first-order valence-electron chi connectivity index (χ1n) is 6.03. The van der Waals surface area contributed by atoms with Gasteiger partial charge in [-0.2, -0.15) is 0 Å². The number of carboxylic acids is 1. The molecule has 6 heteroatoms. The summed E-state index contributed by atoms with van der Waals surface area (Å²) in [5.41, 5.74) is 0. The average Bonchev–Trinajstić information content (AvgIpc) is 2.81. The molecule has 2 N–H and O–H groups in total. The summed E-state index contributed by atoms with van der Waals surface area (Å²) in [5, 5.41) is 12.0. The summed E-state index contributed by atoms with van der Waals surface area (Å²) < 4.78 is 5.40. The first-order valence-corrected chi connectivity index (χ1v) is 6.03. The molecule has 2 fully saturated rings. The lowest BCUT2D eigenvalue weighted by molar-refractivity contribution is -0.152. The average molecular weight is 242 g/mol. The predicted octanol–water partition coefficient (Wildman–Crippen LogP) is -0.559. The monoisotopic (exact) mass is 242 g/mol. The van der Waals surface area contributed by atoms with Crippen molar-refractivity contribution in [2.45, 2.75) is 31.4 Å². The summed E-state index contributed by atoms with van der Waals surface area (Å²) in [4.78, 5) is 24.5. The Labute approximate surface area is 99.9 Å². The van der Waals surface area contributed by atoms with Crippen LogP contribution in [0.2, 0.25) is 0 Å². The van der Waals surface area contributed by atoms with Gasteiger partial charge in [0.1, 0.15) is 6.04 Å². The normalized spacial score (nSPS) is 29.3. The van der Waals surface area contributed by atoms with E-state index in [0.717, 1.165) is 12.8 Å². The molecule has 0 saturated carbocycles. The quantitative estimate of drug-likeness (QED) is 0.693. The lowest BCUT2D eigenvalue weighted by atomic mass is 10.1. The van der Waals surface area contributed by atoms with Crippen LogP contribution in [0.4, 0.5) is 0 Å². The van der Waals surface area contributed by atoms with Gasteiger partial charge in [-0.05, 0) is 12.8 Å². The number of piperazine rings is 1. The van der Waals surface area contributed by atoms with Crippen LogP contribution in [0, 0.1) is 0 Å². The van der Waals surface area contributed by atoms with Crippen molar-refractivity contribution in [1.82, 2.24) is 10.2 Å². The van der Waals surface area contributed by atoms with Crippen molar-refractivity contribution in [2.24, 2.45) is 0 Å². The van der Waals surface area contributed by atoms with Gasteiger partial charge >= 0.3 is 5.97 Å². The second-order valence-corrected chi connectivity index (χ2v) is 4.48. The van der Waals surface area contributed by atoms with Crippen LogP contribution in [-0.4, -0.2) is 60.3 Å². The van der Waals surface area contributed by atoms with Gasteiger partial charge < -0.3 is 20.1 Å². The third-order valence-corrected chi connectivity index (χ3v) is 3.28. The van der Waals surface area contributed by atoms with Crippen LogP contribution in [0.3, 0.4) is 0 Å². The fourth-order valence-electron chi connectivity index (χ4n) is 2.34. The zero-order chi connectivity index (χ0) is 12.3. The maximum absolute atomic E-state index is 12.0. The van der Waals surface area contributed by atoms with Crippen LogP contribution in [0.1, 0.15) is 19.3 Å². The standard InChI is InChI=1S/C11H18N2O4/c14-10(6-8-2-1-5-17-8)13-4-3-12-7-9(13)11(15)16/h8-9,12H,1-7H2,(H,15,16). The van der Waals surface area contributed by atoms with Gasteiger partial charge in [0.25, 0.3) is 0 Å². The minimum Gasteiger partial charge on any atom is -0.480 e. The molecule has 2 unspecified atom stereocenters. The molecular weight excluding hydrogens is 224 g/mol. The van der Waals surface area contributed by atoms with E-state index in [-0.39, 0.29) is 12.0 Å². The van der Waals surface area contributed by atoms with Crippen molar-refractivity contribution in [2.75, 3.05) is 26.2 Å². The molecule has 2 saturated heterocycles. The molecule has 0 aromatic carbocycles. The Bertz CT molecular complexity index is 302. The number of nitrogens with zero attached hydrogens (tertiary/aromatic N) is 1. The van der Waals surface area contributed by atoms with E-state index in [0.29, 0.717) is 32.7 Å². The smallest absolute Gasteiger partial charge is 0.327 e. The van der Waals surface area contributed by atoms with Crippen molar-refractivity contribution in [3.05, 3.63) is 0 Å². The first-order chi connectivity index (χ1) is 8.18. The summed E-state index contributed by atoms with van der Waals surface area (Å²) in [5.74, 6) is -1.05. The number of amides is 1. The number of carboxylic acid groups (broad SMARTS) is 1. The summed E-state index contributed by atoms with van der Waals surface area (Å²) in [6, 6.07) is -0.738. The van der Waals surface area contributed by atoms with Crippen LogP contribution >= 0.6 is 0 Å². The first kappa shape index (κ1) is 12.3. The zero-order valence-corrected chi connectivity index (χ0v) is 9.72. The molecule has 6 nitrogen and oxygen atoms in total. The Morgan fingerprint density at radius 3 is 2.94 bits per heavy atom. The number of rotatable bonds is 3. The second kappa shape index (κ2) is 5.46. The van der Waals surface area contributed by atoms with Gasteiger partial charge in [0.05, 0.1) is 12.5 Å². The molecule has 1 amide bonds. The highest BCUT2D eigenvalue weighted by molar-refractivity contribution is 5.84. The number of ether oxygens (including phenoxy) is 1. The van der Waals surface area contributed by atoms with Crippen LogP contribution in [0.25, 0.3) is 0 Å². The van der Waals surface area contributed by atoms with Crippen molar-refractivity contribution in [1.29, 1.82) is 0 Å². The number of carbonyl (C=O) groups is 2. The number of nitrogens with one attached hydrogen (secondary N) is 1.